The molecule has 0 fully saturated rings. The van der Waals surface area contributed by atoms with Gasteiger partial charge >= 0.3 is 0 Å². The lowest BCUT2D eigenvalue weighted by Crippen LogP contribution is -2.27. The minimum absolute atomic E-state index is 0.161. The summed E-state index contributed by atoms with van der Waals surface area (Å²) in [7, 11) is 1.64. The Kier molecular flexibility index (Phi) is 13.8. The lowest BCUT2D eigenvalue weighted by molar-refractivity contribution is 0.0511. The molecule has 0 aliphatic carbocycles. The van der Waals surface area contributed by atoms with E-state index in [-0.39, 0.29) is 5.91 Å². The normalized spacial score (nSPS) is 10.8. The first kappa shape index (κ1) is 33.1. The van der Waals surface area contributed by atoms with E-state index in [0.717, 1.165) is 29.8 Å². The summed E-state index contributed by atoms with van der Waals surface area (Å²) in [5.41, 5.74) is 7.97. The van der Waals surface area contributed by atoms with Crippen molar-refractivity contribution in [3.8, 4) is 5.75 Å². The molecule has 14 heteroatoms. The second-order valence-corrected chi connectivity index (χ2v) is 9.91. The smallest absolute Gasteiger partial charge is 0.251 e. The Morgan fingerprint density at radius 1 is 0.800 bits per heavy atom. The van der Waals surface area contributed by atoms with Crippen molar-refractivity contribution in [3.63, 3.8) is 0 Å². The number of amides is 1. The maximum absolute atomic E-state index is 12.5. The van der Waals surface area contributed by atoms with E-state index in [2.05, 4.69) is 41.2 Å². The minimum atomic E-state index is -0.161. The molecule has 240 valence electrons. The first-order valence-electron chi connectivity index (χ1n) is 14.9. The molecule has 0 unspecified atom stereocenters. The number of hydrogen-bond acceptors (Lipinski definition) is 12. The summed E-state index contributed by atoms with van der Waals surface area (Å²) in [6, 6.07) is 15.2. The van der Waals surface area contributed by atoms with Crippen molar-refractivity contribution < 1.29 is 19.0 Å². The number of rotatable bonds is 21. The van der Waals surface area contributed by atoms with Crippen LogP contribution in [0.5, 0.6) is 5.75 Å². The number of nitrogens with zero attached hydrogens (tertiary/aromatic N) is 5. The van der Waals surface area contributed by atoms with E-state index in [1.54, 1.807) is 31.8 Å². The average molecular weight is 619 g/mol. The monoisotopic (exact) mass is 618 g/mol. The summed E-state index contributed by atoms with van der Waals surface area (Å²) in [6.07, 6.45) is 6.37. The highest BCUT2D eigenvalue weighted by Gasteiger charge is 2.09. The number of benzene rings is 2. The van der Waals surface area contributed by atoms with Crippen LogP contribution in [0.1, 0.15) is 27.9 Å². The van der Waals surface area contributed by atoms with Crippen LogP contribution >= 0.6 is 0 Å². The van der Waals surface area contributed by atoms with Crippen molar-refractivity contribution >= 4 is 23.8 Å². The van der Waals surface area contributed by atoms with Crippen molar-refractivity contribution in [1.29, 1.82) is 0 Å². The molecule has 4 aromatic rings. The molecule has 2 aromatic carbocycles. The van der Waals surface area contributed by atoms with Crippen LogP contribution in [0, 0.1) is 0 Å². The predicted octanol–water partition coefficient (Wildman–Crippen LogP) is 2.52. The SMILES string of the molecule is COc1ccc(CNc2nc(NCCCn3ccnc3)nc(NCc3ccc(C(=O)NCCOCCOCCN)cc3)n2)cc1. The van der Waals surface area contributed by atoms with Crippen LogP contribution in [0.15, 0.2) is 67.3 Å². The molecule has 0 spiro atoms. The zero-order valence-electron chi connectivity index (χ0n) is 25.6. The third kappa shape index (κ3) is 12.0. The molecule has 0 radical (unpaired) electrons. The van der Waals surface area contributed by atoms with Crippen LogP contribution < -0.4 is 31.7 Å². The van der Waals surface area contributed by atoms with Gasteiger partial charge in [0.1, 0.15) is 5.75 Å². The highest BCUT2D eigenvalue weighted by molar-refractivity contribution is 5.94. The van der Waals surface area contributed by atoms with Gasteiger partial charge in [-0.3, -0.25) is 4.79 Å². The molecule has 0 aliphatic heterocycles. The molecule has 0 saturated heterocycles. The first-order valence-corrected chi connectivity index (χ1v) is 14.9. The maximum Gasteiger partial charge on any atom is 0.251 e. The van der Waals surface area contributed by atoms with Gasteiger partial charge < -0.3 is 45.8 Å². The second-order valence-electron chi connectivity index (χ2n) is 9.91. The van der Waals surface area contributed by atoms with E-state index in [9.17, 15) is 4.79 Å². The van der Waals surface area contributed by atoms with Gasteiger partial charge in [-0.15, -0.1) is 0 Å². The van der Waals surface area contributed by atoms with Crippen molar-refractivity contribution in [2.45, 2.75) is 26.1 Å². The van der Waals surface area contributed by atoms with Gasteiger partial charge in [-0.2, -0.15) is 15.0 Å². The quantitative estimate of drug-likeness (QED) is 0.0865. The van der Waals surface area contributed by atoms with Gasteiger partial charge in [-0.25, -0.2) is 4.98 Å². The van der Waals surface area contributed by atoms with Crippen LogP contribution in [0.4, 0.5) is 17.8 Å². The number of carbonyl (C=O) groups is 1. The molecule has 0 saturated carbocycles. The van der Waals surface area contributed by atoms with Crippen molar-refractivity contribution in [2.75, 3.05) is 69.1 Å². The van der Waals surface area contributed by atoms with Crippen LogP contribution in [-0.4, -0.2) is 83.6 Å². The van der Waals surface area contributed by atoms with Crippen LogP contribution in [0.2, 0.25) is 0 Å². The highest BCUT2D eigenvalue weighted by Crippen LogP contribution is 2.15. The topological polar surface area (TPSA) is 175 Å². The van der Waals surface area contributed by atoms with Crippen molar-refractivity contribution in [3.05, 3.63) is 83.9 Å². The lowest BCUT2D eigenvalue weighted by atomic mass is 10.1. The number of carbonyl (C=O) groups excluding carboxylic acids is 1. The fraction of sp³-hybridized carbons (Fsp3) is 0.387. The van der Waals surface area contributed by atoms with E-state index in [1.807, 2.05) is 47.2 Å². The van der Waals surface area contributed by atoms with E-state index in [0.29, 0.717) is 82.6 Å². The van der Waals surface area contributed by atoms with Crippen LogP contribution in [0.3, 0.4) is 0 Å². The number of aryl methyl sites for hydroxylation is 1. The fourth-order valence-electron chi connectivity index (χ4n) is 4.12. The maximum atomic E-state index is 12.5. The summed E-state index contributed by atoms with van der Waals surface area (Å²) in [5.74, 6) is 1.97. The Balaban J connectivity index is 1.28. The summed E-state index contributed by atoms with van der Waals surface area (Å²) in [5, 5.41) is 12.7. The number of anilines is 3. The Hall–Kier alpha value is -4.79. The van der Waals surface area contributed by atoms with Gasteiger partial charge in [0.25, 0.3) is 5.91 Å². The Morgan fingerprint density at radius 3 is 2.02 bits per heavy atom. The number of nitrogens with two attached hydrogens (primary N) is 1. The van der Waals surface area contributed by atoms with E-state index >= 15 is 0 Å². The molecule has 2 heterocycles. The van der Waals surface area contributed by atoms with Gasteiger partial charge in [0, 0.05) is 57.2 Å². The van der Waals surface area contributed by atoms with E-state index < -0.39 is 0 Å². The summed E-state index contributed by atoms with van der Waals surface area (Å²) in [4.78, 5) is 30.3. The molecule has 0 aliphatic rings. The number of imidazole rings is 1. The van der Waals surface area contributed by atoms with E-state index in [1.165, 1.54) is 0 Å². The fourth-order valence-corrected chi connectivity index (χ4v) is 4.12. The van der Waals surface area contributed by atoms with Crippen molar-refractivity contribution in [1.82, 2.24) is 29.8 Å². The molecule has 45 heavy (non-hydrogen) atoms. The molecular weight excluding hydrogens is 576 g/mol. The van der Waals surface area contributed by atoms with Crippen molar-refractivity contribution in [2.24, 2.45) is 5.73 Å². The summed E-state index contributed by atoms with van der Waals surface area (Å²) >= 11 is 0. The van der Waals surface area contributed by atoms with Gasteiger partial charge in [-0.1, -0.05) is 24.3 Å². The highest BCUT2D eigenvalue weighted by atomic mass is 16.5. The van der Waals surface area contributed by atoms with E-state index in [4.69, 9.17) is 19.9 Å². The zero-order chi connectivity index (χ0) is 31.5. The molecule has 0 bridgehead atoms. The number of methoxy groups -OCH3 is 1. The molecule has 4 rings (SSSR count). The third-order valence-electron chi connectivity index (χ3n) is 6.51. The second kappa shape index (κ2) is 18.8. The standard InChI is InChI=1S/C31H42N10O4/c1-43-27-9-5-25(6-10-27)22-37-31-39-29(35-12-2-15-41-16-13-33-23-41)38-30(40-31)36-21-24-3-7-26(8-4-24)28(42)34-14-18-45-20-19-44-17-11-32/h3-10,13,16,23H,2,11-12,14-15,17-22,32H2,1H3,(H,34,42)(H3,35,36,37,38,39,40). The lowest BCUT2D eigenvalue weighted by Gasteiger charge is -2.12. The minimum Gasteiger partial charge on any atom is -0.497 e. The number of aromatic nitrogens is 5. The molecular formula is C31H42N10O4. The molecule has 1 amide bonds. The number of nitrogens with one attached hydrogen (secondary N) is 4. The van der Waals surface area contributed by atoms with Crippen LogP contribution in [0.25, 0.3) is 0 Å². The Labute approximate surface area is 263 Å². The predicted molar refractivity (Wildman–Crippen MR) is 172 cm³/mol. The number of ether oxygens (including phenoxy) is 3. The Bertz CT molecular complexity index is 1400. The summed E-state index contributed by atoms with van der Waals surface area (Å²) in [6.45, 7) is 5.27. The number of hydrogen-bond donors (Lipinski definition) is 5. The molecule has 14 nitrogen and oxygen atoms in total. The van der Waals surface area contributed by atoms with Gasteiger partial charge in [-0.05, 0) is 41.8 Å². The first-order chi connectivity index (χ1) is 22.1. The molecule has 2 aromatic heterocycles. The summed E-state index contributed by atoms with van der Waals surface area (Å²) < 4.78 is 18.0. The Morgan fingerprint density at radius 2 is 1.42 bits per heavy atom. The van der Waals surface area contributed by atoms with Gasteiger partial charge in [0.2, 0.25) is 17.8 Å². The zero-order valence-corrected chi connectivity index (χ0v) is 25.6. The largest absolute Gasteiger partial charge is 0.497 e. The average Bonchev–Trinajstić information content (AvgIpc) is 3.60. The molecule has 6 N–H and O–H groups in total. The third-order valence-corrected chi connectivity index (χ3v) is 6.51. The van der Waals surface area contributed by atoms with Gasteiger partial charge in [0.15, 0.2) is 0 Å². The molecule has 0 atom stereocenters. The van der Waals surface area contributed by atoms with Gasteiger partial charge in [0.05, 0.1) is 39.9 Å². The van der Waals surface area contributed by atoms with Crippen LogP contribution in [-0.2, 0) is 29.1 Å².